The Bertz CT molecular complexity index is 444. The van der Waals surface area contributed by atoms with Crippen molar-refractivity contribution >= 4 is 11.6 Å². The van der Waals surface area contributed by atoms with E-state index in [-0.39, 0.29) is 5.91 Å². The van der Waals surface area contributed by atoms with Crippen molar-refractivity contribution in [2.24, 2.45) is 5.92 Å². The average molecular weight is 230 g/mol. The van der Waals surface area contributed by atoms with Gasteiger partial charge in [-0.05, 0) is 24.0 Å². The molecule has 1 heterocycles. The molecule has 0 bridgehead atoms. The number of hydrogen-bond acceptors (Lipinski definition) is 2. The van der Waals surface area contributed by atoms with E-state index in [1.165, 1.54) is 11.3 Å². The second-order valence-electron chi connectivity index (χ2n) is 5.26. The van der Waals surface area contributed by atoms with Crippen molar-refractivity contribution in [1.29, 1.82) is 0 Å². The van der Waals surface area contributed by atoms with Gasteiger partial charge in [-0.15, -0.1) is 0 Å². The van der Waals surface area contributed by atoms with E-state index in [0.29, 0.717) is 24.3 Å². The molecule has 3 nitrogen and oxygen atoms in total. The Hall–Kier alpha value is -1.51. The molecule has 0 radical (unpaired) electrons. The van der Waals surface area contributed by atoms with Gasteiger partial charge in [-0.2, -0.15) is 0 Å². The molecular weight excluding hydrogens is 212 g/mol. The predicted molar refractivity (Wildman–Crippen MR) is 68.0 cm³/mol. The highest BCUT2D eigenvalue weighted by atomic mass is 16.1. The summed E-state index contributed by atoms with van der Waals surface area (Å²) in [6.07, 6.45) is 1.75. The molecule has 0 saturated heterocycles. The van der Waals surface area contributed by atoms with Gasteiger partial charge in [0.25, 0.3) is 0 Å². The lowest BCUT2D eigenvalue weighted by Crippen LogP contribution is -2.28. The molecule has 0 spiro atoms. The van der Waals surface area contributed by atoms with E-state index in [4.69, 9.17) is 0 Å². The molecule has 1 aliphatic heterocycles. The van der Waals surface area contributed by atoms with Gasteiger partial charge in [-0.1, -0.05) is 25.1 Å². The Morgan fingerprint density at radius 1 is 1.47 bits per heavy atom. The molecule has 3 heteroatoms. The summed E-state index contributed by atoms with van der Waals surface area (Å²) >= 11 is 0. The maximum Gasteiger partial charge on any atom is 0.220 e. The monoisotopic (exact) mass is 230 g/mol. The average Bonchev–Trinajstić information content (AvgIpc) is 2.86. The zero-order valence-corrected chi connectivity index (χ0v) is 10.1. The van der Waals surface area contributed by atoms with Crippen molar-refractivity contribution in [3.63, 3.8) is 0 Å². The molecule has 1 fully saturated rings. The van der Waals surface area contributed by atoms with Crippen LogP contribution in [0, 0.1) is 5.92 Å². The number of fused-ring (bicyclic) bond motifs is 1. The summed E-state index contributed by atoms with van der Waals surface area (Å²) in [6, 6.07) is 8.70. The molecule has 2 N–H and O–H groups in total. The first-order valence-corrected chi connectivity index (χ1v) is 6.36. The first-order chi connectivity index (χ1) is 8.24. The normalized spacial score (nSPS) is 29.4. The van der Waals surface area contributed by atoms with Crippen LogP contribution < -0.4 is 10.6 Å². The van der Waals surface area contributed by atoms with Gasteiger partial charge in [-0.25, -0.2) is 0 Å². The molecule has 17 heavy (non-hydrogen) atoms. The third-order valence-corrected chi connectivity index (χ3v) is 3.83. The van der Waals surface area contributed by atoms with Crippen molar-refractivity contribution in [1.82, 2.24) is 5.32 Å². The molecule has 3 rings (SSSR count). The first-order valence-electron chi connectivity index (χ1n) is 6.36. The van der Waals surface area contributed by atoms with Crippen LogP contribution in [0.3, 0.4) is 0 Å². The van der Waals surface area contributed by atoms with Crippen molar-refractivity contribution in [2.75, 3.05) is 11.9 Å². The predicted octanol–water partition coefficient (Wildman–Crippen LogP) is 2.11. The van der Waals surface area contributed by atoms with Crippen LogP contribution in [0.1, 0.15) is 31.2 Å². The van der Waals surface area contributed by atoms with Crippen LogP contribution in [0.15, 0.2) is 24.3 Å². The SMILES string of the molecule is CC1CC1NC(=O)CC1CNc2ccccc21. The van der Waals surface area contributed by atoms with Crippen molar-refractivity contribution in [2.45, 2.75) is 31.7 Å². The zero-order valence-electron chi connectivity index (χ0n) is 10.1. The number of anilines is 1. The fourth-order valence-corrected chi connectivity index (χ4v) is 2.55. The van der Waals surface area contributed by atoms with Crippen molar-refractivity contribution < 1.29 is 4.79 Å². The third kappa shape index (κ3) is 2.14. The maximum absolute atomic E-state index is 11.9. The summed E-state index contributed by atoms with van der Waals surface area (Å²) in [5.74, 6) is 1.20. The van der Waals surface area contributed by atoms with E-state index in [9.17, 15) is 4.79 Å². The van der Waals surface area contributed by atoms with Crippen LogP contribution in [0.2, 0.25) is 0 Å². The van der Waals surface area contributed by atoms with E-state index in [0.717, 1.165) is 13.0 Å². The second kappa shape index (κ2) is 4.06. The molecule has 3 unspecified atom stereocenters. The van der Waals surface area contributed by atoms with Crippen LogP contribution in [-0.2, 0) is 4.79 Å². The summed E-state index contributed by atoms with van der Waals surface area (Å²) in [5, 5.41) is 6.45. The maximum atomic E-state index is 11.9. The molecule has 1 amide bonds. The van der Waals surface area contributed by atoms with Crippen LogP contribution >= 0.6 is 0 Å². The van der Waals surface area contributed by atoms with Crippen LogP contribution in [-0.4, -0.2) is 18.5 Å². The minimum atomic E-state index is 0.197. The Morgan fingerprint density at radius 3 is 3.00 bits per heavy atom. The van der Waals surface area contributed by atoms with Gasteiger partial charge >= 0.3 is 0 Å². The van der Waals surface area contributed by atoms with Gasteiger partial charge in [-0.3, -0.25) is 4.79 Å². The van der Waals surface area contributed by atoms with Gasteiger partial charge in [0.05, 0.1) is 0 Å². The Balaban J connectivity index is 1.61. The molecule has 90 valence electrons. The Morgan fingerprint density at radius 2 is 2.24 bits per heavy atom. The van der Waals surface area contributed by atoms with E-state index in [1.807, 2.05) is 12.1 Å². The third-order valence-electron chi connectivity index (χ3n) is 3.83. The number of nitrogens with one attached hydrogen (secondary N) is 2. The topological polar surface area (TPSA) is 41.1 Å². The van der Waals surface area contributed by atoms with E-state index in [1.54, 1.807) is 0 Å². The molecule has 1 aromatic carbocycles. The lowest BCUT2D eigenvalue weighted by molar-refractivity contribution is -0.121. The smallest absolute Gasteiger partial charge is 0.220 e. The standard InChI is InChI=1S/C14H18N2O/c1-9-6-13(9)16-14(17)7-10-8-15-12-5-3-2-4-11(10)12/h2-5,9-10,13,15H,6-8H2,1H3,(H,16,17). The zero-order chi connectivity index (χ0) is 11.8. The highest BCUT2D eigenvalue weighted by molar-refractivity contribution is 5.78. The number of carbonyl (C=O) groups is 1. The number of para-hydroxylation sites is 1. The number of rotatable bonds is 3. The van der Waals surface area contributed by atoms with E-state index < -0.39 is 0 Å². The highest BCUT2D eigenvalue weighted by Gasteiger charge is 2.34. The van der Waals surface area contributed by atoms with Gasteiger partial charge in [0.1, 0.15) is 0 Å². The fraction of sp³-hybridized carbons (Fsp3) is 0.500. The highest BCUT2D eigenvalue weighted by Crippen LogP contribution is 2.34. The molecule has 1 aliphatic carbocycles. The molecular formula is C14H18N2O. The summed E-state index contributed by atoms with van der Waals surface area (Å²) in [5.41, 5.74) is 2.47. The molecule has 3 atom stereocenters. The van der Waals surface area contributed by atoms with Crippen LogP contribution in [0.4, 0.5) is 5.69 Å². The van der Waals surface area contributed by atoms with E-state index in [2.05, 4.69) is 29.7 Å². The minimum Gasteiger partial charge on any atom is -0.384 e. The van der Waals surface area contributed by atoms with Gasteiger partial charge in [0.15, 0.2) is 0 Å². The largest absolute Gasteiger partial charge is 0.384 e. The summed E-state index contributed by atoms with van der Waals surface area (Å²) in [7, 11) is 0. The number of amides is 1. The van der Waals surface area contributed by atoms with Crippen molar-refractivity contribution in [3.05, 3.63) is 29.8 Å². The first kappa shape index (κ1) is 10.6. The summed E-state index contributed by atoms with van der Waals surface area (Å²) in [6.45, 7) is 3.06. The molecule has 2 aliphatic rings. The van der Waals surface area contributed by atoms with Gasteiger partial charge < -0.3 is 10.6 Å². The van der Waals surface area contributed by atoms with Gasteiger partial charge in [0.2, 0.25) is 5.91 Å². The lowest BCUT2D eigenvalue weighted by Gasteiger charge is -2.10. The lowest BCUT2D eigenvalue weighted by atomic mass is 9.97. The summed E-state index contributed by atoms with van der Waals surface area (Å²) in [4.78, 5) is 11.9. The Labute approximate surface area is 102 Å². The summed E-state index contributed by atoms with van der Waals surface area (Å²) < 4.78 is 0. The van der Waals surface area contributed by atoms with Crippen LogP contribution in [0.5, 0.6) is 0 Å². The van der Waals surface area contributed by atoms with Crippen molar-refractivity contribution in [3.8, 4) is 0 Å². The molecule has 1 saturated carbocycles. The Kier molecular flexibility index (Phi) is 2.54. The molecule has 0 aromatic heterocycles. The van der Waals surface area contributed by atoms with Crippen LogP contribution in [0.25, 0.3) is 0 Å². The number of hydrogen-bond donors (Lipinski definition) is 2. The van der Waals surface area contributed by atoms with E-state index >= 15 is 0 Å². The van der Waals surface area contributed by atoms with Gasteiger partial charge in [0, 0.05) is 30.6 Å². The fourth-order valence-electron chi connectivity index (χ4n) is 2.55. The second-order valence-corrected chi connectivity index (χ2v) is 5.26. The minimum absolute atomic E-state index is 0.197. The molecule has 1 aromatic rings. The number of carbonyl (C=O) groups excluding carboxylic acids is 1. The quantitative estimate of drug-likeness (QED) is 0.835. The number of benzene rings is 1.